The molecule has 0 radical (unpaired) electrons. The van der Waals surface area contributed by atoms with Crippen molar-refractivity contribution in [2.45, 2.75) is 50.6 Å². The number of amides is 1. The Morgan fingerprint density at radius 2 is 1.92 bits per heavy atom. The van der Waals surface area contributed by atoms with Crippen LogP contribution in [0.4, 0.5) is 10.1 Å². The zero-order chi connectivity index (χ0) is 17.9. The largest absolute Gasteiger partial charge is 0.369 e. The van der Waals surface area contributed by atoms with E-state index in [9.17, 15) is 9.18 Å². The number of fused-ring (bicyclic) bond motifs is 1. The van der Waals surface area contributed by atoms with Crippen molar-refractivity contribution in [2.75, 3.05) is 18.0 Å². The van der Waals surface area contributed by atoms with Crippen LogP contribution in [0.3, 0.4) is 0 Å². The lowest BCUT2D eigenvalue weighted by atomic mass is 9.99. The summed E-state index contributed by atoms with van der Waals surface area (Å²) in [5.74, 6) is 0.202. The number of carbonyl (C=O) groups excluding carboxylic acids is 1. The molecule has 2 aliphatic rings. The van der Waals surface area contributed by atoms with Crippen LogP contribution in [0.1, 0.15) is 43.8 Å². The van der Waals surface area contributed by atoms with Gasteiger partial charge in [0.05, 0.1) is 11.6 Å². The van der Waals surface area contributed by atoms with Crippen LogP contribution < -0.4 is 10.2 Å². The van der Waals surface area contributed by atoms with E-state index in [1.807, 2.05) is 11.0 Å². The molecule has 3 heterocycles. The monoisotopic (exact) mass is 358 g/mol. The molecule has 138 valence electrons. The summed E-state index contributed by atoms with van der Waals surface area (Å²) >= 11 is 0. The minimum Gasteiger partial charge on any atom is -0.369 e. The van der Waals surface area contributed by atoms with Gasteiger partial charge in [0.2, 0.25) is 5.91 Å². The third kappa shape index (κ3) is 3.40. The Morgan fingerprint density at radius 3 is 2.73 bits per heavy atom. The van der Waals surface area contributed by atoms with E-state index < -0.39 is 0 Å². The first kappa shape index (κ1) is 16.9. The molecule has 0 aliphatic carbocycles. The number of hydrogen-bond donors (Lipinski definition) is 1. The minimum absolute atomic E-state index is 0.00675. The van der Waals surface area contributed by atoms with Crippen molar-refractivity contribution < 1.29 is 9.18 Å². The number of carbonyl (C=O) groups is 1. The number of anilines is 1. The fraction of sp³-hybridized carbons (Fsp3) is 0.556. The molecule has 1 aromatic heterocycles. The van der Waals surface area contributed by atoms with E-state index in [4.69, 9.17) is 0 Å². The zero-order valence-electron chi connectivity index (χ0n) is 14.6. The summed E-state index contributed by atoms with van der Waals surface area (Å²) in [6.45, 7) is 2.23. The lowest BCUT2D eigenvalue weighted by Crippen LogP contribution is -2.46. The van der Waals surface area contributed by atoms with Crippen LogP contribution in [0.5, 0.6) is 0 Å². The molecule has 0 saturated carbocycles. The van der Waals surface area contributed by atoms with Gasteiger partial charge in [-0.2, -0.15) is 0 Å². The molecule has 2 aliphatic heterocycles. The number of piperidine rings is 1. The average Bonchev–Trinajstić information content (AvgIpc) is 3.02. The Hall–Kier alpha value is -2.51. The summed E-state index contributed by atoms with van der Waals surface area (Å²) < 4.78 is 15.7. The lowest BCUT2D eigenvalue weighted by molar-refractivity contribution is -0.123. The molecule has 1 fully saturated rings. The van der Waals surface area contributed by atoms with Crippen molar-refractivity contribution in [2.24, 2.45) is 0 Å². The van der Waals surface area contributed by atoms with E-state index in [-0.39, 0.29) is 23.7 Å². The molecule has 2 aromatic rings. The van der Waals surface area contributed by atoms with Crippen molar-refractivity contribution in [1.29, 1.82) is 0 Å². The van der Waals surface area contributed by atoms with E-state index in [2.05, 4.69) is 20.8 Å². The van der Waals surface area contributed by atoms with E-state index in [0.29, 0.717) is 11.5 Å². The van der Waals surface area contributed by atoms with Crippen LogP contribution in [0.2, 0.25) is 0 Å². The van der Waals surface area contributed by atoms with Crippen LogP contribution in [0.25, 0.3) is 0 Å². The Balaban J connectivity index is 1.36. The van der Waals surface area contributed by atoms with Crippen molar-refractivity contribution in [3.8, 4) is 0 Å². The van der Waals surface area contributed by atoms with Crippen molar-refractivity contribution >= 4 is 11.6 Å². The van der Waals surface area contributed by atoms with Gasteiger partial charge in [0, 0.05) is 25.7 Å². The molecule has 1 aromatic carbocycles. The molecule has 1 atom stereocenters. The molecule has 1 unspecified atom stereocenters. The minimum atomic E-state index is -0.280. The first-order chi connectivity index (χ1) is 12.7. The number of tetrazole rings is 1. The second kappa shape index (κ2) is 7.39. The summed E-state index contributed by atoms with van der Waals surface area (Å²) in [5, 5.41) is 14.9. The number of nitrogens with zero attached hydrogens (tertiary/aromatic N) is 5. The Labute approximate surface area is 151 Å². The van der Waals surface area contributed by atoms with Gasteiger partial charge in [-0.3, -0.25) is 4.79 Å². The van der Waals surface area contributed by atoms with Crippen LogP contribution in [-0.2, 0) is 11.3 Å². The Kier molecular flexibility index (Phi) is 4.81. The van der Waals surface area contributed by atoms with Crippen LogP contribution >= 0.6 is 0 Å². The van der Waals surface area contributed by atoms with Gasteiger partial charge in [-0.1, -0.05) is 18.6 Å². The average molecular weight is 358 g/mol. The number of benzene rings is 1. The van der Waals surface area contributed by atoms with Crippen molar-refractivity contribution in [1.82, 2.24) is 25.5 Å². The summed E-state index contributed by atoms with van der Waals surface area (Å²) in [4.78, 5) is 14.8. The number of nitrogens with one attached hydrogen (secondary N) is 1. The summed E-state index contributed by atoms with van der Waals surface area (Å²) in [7, 11) is 0. The summed E-state index contributed by atoms with van der Waals surface area (Å²) in [6.07, 6.45) is 4.35. The van der Waals surface area contributed by atoms with Gasteiger partial charge in [-0.15, -0.1) is 5.10 Å². The highest BCUT2D eigenvalue weighted by atomic mass is 19.1. The number of aromatic nitrogens is 4. The third-order valence-corrected chi connectivity index (χ3v) is 5.33. The second-order valence-electron chi connectivity index (χ2n) is 7.03. The zero-order valence-corrected chi connectivity index (χ0v) is 14.6. The molecule has 7 nitrogen and oxygen atoms in total. The fourth-order valence-corrected chi connectivity index (χ4v) is 3.88. The quantitative estimate of drug-likeness (QED) is 0.906. The lowest BCUT2D eigenvalue weighted by Gasteiger charge is -2.34. The van der Waals surface area contributed by atoms with E-state index in [1.165, 1.54) is 6.07 Å². The maximum atomic E-state index is 13.9. The number of rotatable bonds is 3. The number of halogens is 1. The Bertz CT molecular complexity index is 771. The highest BCUT2D eigenvalue weighted by molar-refractivity contribution is 5.83. The molecule has 8 heteroatoms. The van der Waals surface area contributed by atoms with Gasteiger partial charge in [0.1, 0.15) is 5.82 Å². The highest BCUT2D eigenvalue weighted by Gasteiger charge is 2.31. The number of para-hydroxylation sites is 1. The van der Waals surface area contributed by atoms with Crippen molar-refractivity contribution in [3.63, 3.8) is 0 Å². The van der Waals surface area contributed by atoms with Crippen LogP contribution in [0, 0.1) is 5.82 Å². The van der Waals surface area contributed by atoms with Crippen LogP contribution in [-0.4, -0.2) is 45.2 Å². The normalized spacial score (nSPS) is 21.1. The summed E-state index contributed by atoms with van der Waals surface area (Å²) in [6, 6.07) is 6.95. The van der Waals surface area contributed by atoms with Gasteiger partial charge < -0.3 is 10.2 Å². The molecule has 1 N–H and O–H groups in total. The molecule has 0 bridgehead atoms. The van der Waals surface area contributed by atoms with Gasteiger partial charge in [-0.05, 0) is 48.2 Å². The van der Waals surface area contributed by atoms with Gasteiger partial charge in [0.15, 0.2) is 5.82 Å². The van der Waals surface area contributed by atoms with Crippen LogP contribution in [0.15, 0.2) is 24.3 Å². The molecular weight excluding hydrogens is 335 g/mol. The maximum Gasteiger partial charge on any atom is 0.231 e. The topological polar surface area (TPSA) is 75.9 Å². The van der Waals surface area contributed by atoms with Gasteiger partial charge >= 0.3 is 0 Å². The van der Waals surface area contributed by atoms with Gasteiger partial charge in [0.25, 0.3) is 0 Å². The first-order valence-corrected chi connectivity index (χ1v) is 9.28. The predicted octanol–water partition coefficient (Wildman–Crippen LogP) is 1.86. The smallest absolute Gasteiger partial charge is 0.231 e. The molecule has 0 spiro atoms. The second-order valence-corrected chi connectivity index (χ2v) is 7.03. The SMILES string of the molecule is O=C(NC1CCN(c2ccccc2F)CC1)C1CCCCn2nnnc21. The highest BCUT2D eigenvalue weighted by Crippen LogP contribution is 2.26. The van der Waals surface area contributed by atoms with Gasteiger partial charge in [-0.25, -0.2) is 9.07 Å². The summed E-state index contributed by atoms with van der Waals surface area (Å²) in [5.41, 5.74) is 0.639. The van der Waals surface area contributed by atoms with Crippen molar-refractivity contribution in [3.05, 3.63) is 35.9 Å². The predicted molar refractivity (Wildman–Crippen MR) is 94.2 cm³/mol. The Morgan fingerprint density at radius 1 is 1.12 bits per heavy atom. The molecule has 1 amide bonds. The maximum absolute atomic E-state index is 13.9. The standard InChI is InChI=1S/C18H23FN6O/c19-15-6-1-2-7-16(15)24-11-8-13(9-12-24)20-18(26)14-5-3-4-10-25-17(14)21-22-23-25/h1-2,6-7,13-14H,3-5,8-12H2,(H,20,26). The fourth-order valence-electron chi connectivity index (χ4n) is 3.88. The van der Waals surface area contributed by atoms with E-state index in [0.717, 1.165) is 51.7 Å². The molecule has 26 heavy (non-hydrogen) atoms. The molecule has 1 saturated heterocycles. The molecular formula is C18H23FN6O. The van der Waals surface area contributed by atoms with E-state index in [1.54, 1.807) is 16.8 Å². The molecule has 4 rings (SSSR count). The first-order valence-electron chi connectivity index (χ1n) is 9.28. The third-order valence-electron chi connectivity index (χ3n) is 5.33. The number of hydrogen-bond acceptors (Lipinski definition) is 5. The van der Waals surface area contributed by atoms with E-state index >= 15 is 0 Å². The number of aryl methyl sites for hydroxylation is 1.